The second-order valence-corrected chi connectivity index (χ2v) is 5.63. The summed E-state index contributed by atoms with van der Waals surface area (Å²) in [5, 5.41) is 0. The van der Waals surface area contributed by atoms with Crippen LogP contribution < -0.4 is 0 Å². The monoisotopic (exact) mass is 264 g/mol. The van der Waals surface area contributed by atoms with Gasteiger partial charge in [-0.2, -0.15) is 0 Å². The summed E-state index contributed by atoms with van der Waals surface area (Å²) < 4.78 is 18.5. The van der Waals surface area contributed by atoms with E-state index in [0.29, 0.717) is 11.5 Å². The number of ether oxygens (including phenoxy) is 1. The Morgan fingerprint density at radius 1 is 1.21 bits per heavy atom. The first kappa shape index (κ1) is 14.2. The second-order valence-electron chi connectivity index (χ2n) is 5.63. The summed E-state index contributed by atoms with van der Waals surface area (Å²) >= 11 is 0. The van der Waals surface area contributed by atoms with E-state index in [1.807, 2.05) is 0 Å². The third kappa shape index (κ3) is 3.87. The van der Waals surface area contributed by atoms with Crippen LogP contribution in [-0.2, 0) is 4.74 Å². The van der Waals surface area contributed by atoms with Gasteiger partial charge in [0.1, 0.15) is 12.4 Å². The lowest BCUT2D eigenvalue weighted by atomic mass is 9.80. The highest BCUT2D eigenvalue weighted by molar-refractivity contribution is 5.97. The van der Waals surface area contributed by atoms with Crippen LogP contribution in [0.4, 0.5) is 4.39 Å². The Labute approximate surface area is 114 Å². The zero-order valence-electron chi connectivity index (χ0n) is 11.6. The summed E-state index contributed by atoms with van der Waals surface area (Å²) in [7, 11) is 0. The fourth-order valence-electron chi connectivity index (χ4n) is 2.56. The molecule has 0 bridgehead atoms. The molecule has 19 heavy (non-hydrogen) atoms. The molecule has 3 atom stereocenters. The van der Waals surface area contributed by atoms with Crippen LogP contribution in [-0.4, -0.2) is 18.5 Å². The quantitative estimate of drug-likeness (QED) is 0.772. The van der Waals surface area contributed by atoms with Gasteiger partial charge in [0, 0.05) is 5.56 Å². The van der Waals surface area contributed by atoms with Gasteiger partial charge in [0.05, 0.1) is 6.10 Å². The van der Waals surface area contributed by atoms with Crippen molar-refractivity contribution < 1.29 is 13.9 Å². The molecule has 0 radical (unpaired) electrons. The first-order valence-electron chi connectivity index (χ1n) is 6.96. The highest BCUT2D eigenvalue weighted by Crippen LogP contribution is 2.30. The Morgan fingerprint density at radius 3 is 2.53 bits per heavy atom. The van der Waals surface area contributed by atoms with Crippen molar-refractivity contribution in [1.82, 2.24) is 0 Å². The molecule has 0 saturated heterocycles. The molecular formula is C16H21FO2. The van der Waals surface area contributed by atoms with Crippen molar-refractivity contribution in [2.45, 2.75) is 39.2 Å². The van der Waals surface area contributed by atoms with Crippen molar-refractivity contribution >= 4 is 5.78 Å². The Morgan fingerprint density at radius 2 is 1.89 bits per heavy atom. The maximum atomic E-state index is 12.8. The maximum absolute atomic E-state index is 12.8. The van der Waals surface area contributed by atoms with E-state index in [0.717, 1.165) is 25.2 Å². The maximum Gasteiger partial charge on any atom is 0.188 e. The summed E-state index contributed by atoms with van der Waals surface area (Å²) in [6.07, 6.45) is 3.41. The molecular weight excluding hydrogens is 243 g/mol. The molecule has 2 rings (SSSR count). The lowest BCUT2D eigenvalue weighted by Crippen LogP contribution is -2.28. The van der Waals surface area contributed by atoms with Crippen LogP contribution in [0.15, 0.2) is 24.3 Å². The summed E-state index contributed by atoms with van der Waals surface area (Å²) in [6.45, 7) is 4.60. The molecule has 1 aliphatic carbocycles. The molecule has 104 valence electrons. The Hall–Kier alpha value is -1.22. The Kier molecular flexibility index (Phi) is 4.70. The largest absolute Gasteiger partial charge is 0.370 e. The van der Waals surface area contributed by atoms with Crippen molar-refractivity contribution in [2.24, 2.45) is 11.8 Å². The first-order chi connectivity index (χ1) is 9.06. The molecule has 0 spiro atoms. The first-order valence-corrected chi connectivity index (χ1v) is 6.96. The predicted octanol–water partition coefficient (Wildman–Crippen LogP) is 3.85. The number of rotatable bonds is 4. The minimum atomic E-state index is -0.326. The number of Topliss-reactive ketones (excluding diaryl/α,β-unsaturated/α-hetero) is 1. The molecule has 1 aliphatic rings. The number of benzene rings is 1. The summed E-state index contributed by atoms with van der Waals surface area (Å²) in [5.41, 5.74) is 0.513. The fraction of sp³-hybridized carbons (Fsp3) is 0.562. The molecule has 3 heteroatoms. The fourth-order valence-corrected chi connectivity index (χ4v) is 2.56. The van der Waals surface area contributed by atoms with Gasteiger partial charge in [-0.05, 0) is 55.4 Å². The second kappa shape index (κ2) is 6.29. The van der Waals surface area contributed by atoms with Gasteiger partial charge < -0.3 is 4.74 Å². The molecule has 1 aromatic rings. The lowest BCUT2D eigenvalue weighted by molar-refractivity contribution is 0.00708. The number of halogens is 1. The molecule has 1 aromatic carbocycles. The van der Waals surface area contributed by atoms with Gasteiger partial charge in [0.2, 0.25) is 0 Å². The van der Waals surface area contributed by atoms with E-state index in [9.17, 15) is 9.18 Å². The zero-order chi connectivity index (χ0) is 13.8. The molecule has 0 heterocycles. The smallest absolute Gasteiger partial charge is 0.188 e. The standard InChI is InChI=1S/C16H21FO2/c1-11-3-8-15(9-12(11)2)19-10-16(18)13-4-6-14(17)7-5-13/h4-7,11-12,15H,3,8-10H2,1-2H3. The summed E-state index contributed by atoms with van der Waals surface area (Å²) in [4.78, 5) is 11.9. The Balaban J connectivity index is 1.82. The summed E-state index contributed by atoms with van der Waals surface area (Å²) in [6, 6.07) is 5.62. The van der Waals surface area contributed by atoms with Crippen LogP contribution in [0.5, 0.6) is 0 Å². The Bertz CT molecular complexity index is 427. The molecule has 0 N–H and O–H groups in total. The highest BCUT2D eigenvalue weighted by atomic mass is 19.1. The van der Waals surface area contributed by atoms with Crippen molar-refractivity contribution in [1.29, 1.82) is 0 Å². The average Bonchev–Trinajstić information content (AvgIpc) is 2.40. The molecule has 1 saturated carbocycles. The van der Waals surface area contributed by atoms with Gasteiger partial charge in [-0.15, -0.1) is 0 Å². The topological polar surface area (TPSA) is 26.3 Å². The minimum absolute atomic E-state index is 0.0775. The van der Waals surface area contributed by atoms with Crippen molar-refractivity contribution in [3.8, 4) is 0 Å². The van der Waals surface area contributed by atoms with E-state index in [4.69, 9.17) is 4.74 Å². The van der Waals surface area contributed by atoms with E-state index in [1.165, 1.54) is 24.3 Å². The van der Waals surface area contributed by atoms with Gasteiger partial charge in [-0.25, -0.2) is 4.39 Å². The van der Waals surface area contributed by atoms with Crippen LogP contribution in [0.2, 0.25) is 0 Å². The highest BCUT2D eigenvalue weighted by Gasteiger charge is 2.25. The van der Waals surface area contributed by atoms with Crippen LogP contribution >= 0.6 is 0 Å². The third-order valence-electron chi connectivity index (χ3n) is 4.17. The molecule has 0 aliphatic heterocycles. The van der Waals surface area contributed by atoms with Crippen LogP contribution in [0.1, 0.15) is 43.5 Å². The minimum Gasteiger partial charge on any atom is -0.370 e. The van der Waals surface area contributed by atoms with Gasteiger partial charge in [-0.1, -0.05) is 13.8 Å². The number of carbonyl (C=O) groups excluding carboxylic acids is 1. The van der Waals surface area contributed by atoms with Crippen molar-refractivity contribution in [3.63, 3.8) is 0 Å². The van der Waals surface area contributed by atoms with E-state index >= 15 is 0 Å². The van der Waals surface area contributed by atoms with Crippen LogP contribution in [0, 0.1) is 17.7 Å². The number of ketones is 1. The number of hydrogen-bond donors (Lipinski definition) is 0. The van der Waals surface area contributed by atoms with Gasteiger partial charge in [-0.3, -0.25) is 4.79 Å². The normalized spacial score (nSPS) is 27.2. The van der Waals surface area contributed by atoms with E-state index in [2.05, 4.69) is 13.8 Å². The van der Waals surface area contributed by atoms with Crippen molar-refractivity contribution in [2.75, 3.05) is 6.61 Å². The average molecular weight is 264 g/mol. The molecule has 2 nitrogen and oxygen atoms in total. The molecule has 0 aromatic heterocycles. The van der Waals surface area contributed by atoms with Crippen LogP contribution in [0.3, 0.4) is 0 Å². The lowest BCUT2D eigenvalue weighted by Gasteiger charge is -2.31. The molecule has 3 unspecified atom stereocenters. The summed E-state index contributed by atoms with van der Waals surface area (Å²) in [5.74, 6) is 0.992. The zero-order valence-corrected chi connectivity index (χ0v) is 11.6. The molecule has 0 amide bonds. The van der Waals surface area contributed by atoms with E-state index in [1.54, 1.807) is 0 Å². The van der Waals surface area contributed by atoms with Gasteiger partial charge in [0.15, 0.2) is 5.78 Å². The number of carbonyl (C=O) groups is 1. The van der Waals surface area contributed by atoms with E-state index in [-0.39, 0.29) is 24.3 Å². The SMILES string of the molecule is CC1CCC(OCC(=O)c2ccc(F)cc2)CC1C. The predicted molar refractivity (Wildman–Crippen MR) is 72.6 cm³/mol. The molecule has 1 fully saturated rings. The van der Waals surface area contributed by atoms with Gasteiger partial charge in [0.25, 0.3) is 0 Å². The van der Waals surface area contributed by atoms with E-state index < -0.39 is 0 Å². The van der Waals surface area contributed by atoms with Gasteiger partial charge >= 0.3 is 0 Å². The third-order valence-corrected chi connectivity index (χ3v) is 4.17. The van der Waals surface area contributed by atoms with Crippen molar-refractivity contribution in [3.05, 3.63) is 35.6 Å². The van der Waals surface area contributed by atoms with Crippen LogP contribution in [0.25, 0.3) is 0 Å². The number of hydrogen-bond acceptors (Lipinski definition) is 2.